The summed E-state index contributed by atoms with van der Waals surface area (Å²) < 4.78 is 11.2. The first-order valence-corrected chi connectivity index (χ1v) is 8.44. The molecular weight excluding hydrogens is 393 g/mol. The van der Waals surface area contributed by atoms with Crippen LogP contribution in [0, 0.1) is 5.92 Å². The zero-order valence-corrected chi connectivity index (χ0v) is 16.4. The zero-order chi connectivity index (χ0) is 14.9. The summed E-state index contributed by atoms with van der Waals surface area (Å²) in [5, 5.41) is 3.45. The highest BCUT2D eigenvalue weighted by Crippen LogP contribution is 2.15. The van der Waals surface area contributed by atoms with Crippen LogP contribution in [0.25, 0.3) is 0 Å². The van der Waals surface area contributed by atoms with Crippen LogP contribution in [0.5, 0.6) is 0 Å². The minimum absolute atomic E-state index is 0. The molecule has 0 aliphatic carbocycles. The molecule has 6 heteroatoms. The fourth-order valence-electron chi connectivity index (χ4n) is 2.92. The molecule has 1 atom stereocenters. The van der Waals surface area contributed by atoms with E-state index in [4.69, 9.17) is 9.47 Å². The maximum absolute atomic E-state index is 5.67. The lowest BCUT2D eigenvalue weighted by Crippen LogP contribution is -2.45. The SMILES string of the molecule is CN=C(NCCCOCC1CCCO1)N1CCC(C)CC1.I. The molecule has 22 heavy (non-hydrogen) atoms. The number of likely N-dealkylation sites (tertiary alicyclic amines) is 1. The molecule has 0 saturated carbocycles. The van der Waals surface area contributed by atoms with E-state index < -0.39 is 0 Å². The molecule has 2 aliphatic heterocycles. The van der Waals surface area contributed by atoms with Crippen LogP contribution >= 0.6 is 24.0 Å². The quantitative estimate of drug-likeness (QED) is 0.308. The van der Waals surface area contributed by atoms with E-state index in [1.54, 1.807) is 0 Å². The third-order valence-corrected chi connectivity index (χ3v) is 4.37. The van der Waals surface area contributed by atoms with Gasteiger partial charge in [-0.15, -0.1) is 24.0 Å². The predicted octanol–water partition coefficient (Wildman–Crippen LogP) is 2.50. The monoisotopic (exact) mass is 425 g/mol. The smallest absolute Gasteiger partial charge is 0.193 e. The number of rotatable bonds is 6. The molecule has 1 unspecified atom stereocenters. The minimum atomic E-state index is 0. The largest absolute Gasteiger partial charge is 0.379 e. The van der Waals surface area contributed by atoms with Crippen LogP contribution < -0.4 is 5.32 Å². The zero-order valence-electron chi connectivity index (χ0n) is 14.1. The fraction of sp³-hybridized carbons (Fsp3) is 0.938. The molecule has 1 N–H and O–H groups in total. The number of hydrogen-bond donors (Lipinski definition) is 1. The molecule has 2 fully saturated rings. The van der Waals surface area contributed by atoms with E-state index in [1.165, 1.54) is 19.3 Å². The summed E-state index contributed by atoms with van der Waals surface area (Å²) in [7, 11) is 1.87. The van der Waals surface area contributed by atoms with Gasteiger partial charge in [0.05, 0.1) is 12.7 Å². The van der Waals surface area contributed by atoms with Gasteiger partial charge in [0, 0.05) is 39.9 Å². The molecule has 2 rings (SSSR count). The van der Waals surface area contributed by atoms with E-state index in [0.29, 0.717) is 6.10 Å². The van der Waals surface area contributed by atoms with Gasteiger partial charge in [-0.3, -0.25) is 4.99 Å². The lowest BCUT2D eigenvalue weighted by molar-refractivity contribution is 0.0168. The predicted molar refractivity (Wildman–Crippen MR) is 101 cm³/mol. The average Bonchev–Trinajstić information content (AvgIpc) is 3.01. The van der Waals surface area contributed by atoms with Gasteiger partial charge < -0.3 is 19.7 Å². The second kappa shape index (κ2) is 11.5. The van der Waals surface area contributed by atoms with E-state index in [-0.39, 0.29) is 24.0 Å². The van der Waals surface area contributed by atoms with Crippen molar-refractivity contribution < 1.29 is 9.47 Å². The Morgan fingerprint density at radius 3 is 2.73 bits per heavy atom. The standard InChI is InChI=1S/C16H31N3O2.HI/c1-14-6-9-19(10-7-14)16(17-2)18-8-4-11-20-13-15-5-3-12-21-15;/h14-15H,3-13H2,1-2H3,(H,17,18);1H. The van der Waals surface area contributed by atoms with Gasteiger partial charge in [-0.25, -0.2) is 0 Å². The number of aliphatic imine (C=N–C) groups is 1. The van der Waals surface area contributed by atoms with Crippen molar-refractivity contribution >= 4 is 29.9 Å². The maximum atomic E-state index is 5.67. The molecule has 0 amide bonds. The van der Waals surface area contributed by atoms with Gasteiger partial charge in [-0.05, 0) is 38.0 Å². The highest BCUT2D eigenvalue weighted by molar-refractivity contribution is 14.0. The molecule has 2 saturated heterocycles. The van der Waals surface area contributed by atoms with Crippen molar-refractivity contribution in [3.63, 3.8) is 0 Å². The molecule has 0 aromatic carbocycles. The summed E-state index contributed by atoms with van der Waals surface area (Å²) >= 11 is 0. The lowest BCUT2D eigenvalue weighted by Gasteiger charge is -2.32. The van der Waals surface area contributed by atoms with Crippen molar-refractivity contribution in [2.75, 3.05) is 46.5 Å². The number of nitrogens with one attached hydrogen (secondary N) is 1. The summed E-state index contributed by atoms with van der Waals surface area (Å²) in [6, 6.07) is 0. The summed E-state index contributed by atoms with van der Waals surface area (Å²) in [4.78, 5) is 6.76. The number of ether oxygens (including phenoxy) is 2. The van der Waals surface area contributed by atoms with Crippen LogP contribution in [0.1, 0.15) is 39.0 Å². The Bertz CT molecular complexity index is 315. The molecule has 130 valence electrons. The van der Waals surface area contributed by atoms with Crippen molar-refractivity contribution in [3.05, 3.63) is 0 Å². The second-order valence-electron chi connectivity index (χ2n) is 6.21. The number of nitrogens with zero attached hydrogens (tertiary/aromatic N) is 2. The molecule has 0 aromatic heterocycles. The fourth-order valence-corrected chi connectivity index (χ4v) is 2.92. The third kappa shape index (κ3) is 7.00. The molecule has 0 radical (unpaired) electrons. The second-order valence-corrected chi connectivity index (χ2v) is 6.21. The van der Waals surface area contributed by atoms with Crippen LogP contribution in [-0.4, -0.2) is 63.5 Å². The highest BCUT2D eigenvalue weighted by Gasteiger charge is 2.18. The van der Waals surface area contributed by atoms with Crippen LogP contribution in [0.4, 0.5) is 0 Å². The van der Waals surface area contributed by atoms with Gasteiger partial charge in [-0.2, -0.15) is 0 Å². The molecule has 2 aliphatic rings. The van der Waals surface area contributed by atoms with Gasteiger partial charge in [0.1, 0.15) is 0 Å². The van der Waals surface area contributed by atoms with Crippen molar-refractivity contribution in [3.8, 4) is 0 Å². The Kier molecular flexibility index (Phi) is 10.4. The first-order chi connectivity index (χ1) is 10.3. The van der Waals surface area contributed by atoms with Gasteiger partial charge in [0.25, 0.3) is 0 Å². The van der Waals surface area contributed by atoms with Gasteiger partial charge >= 0.3 is 0 Å². The van der Waals surface area contributed by atoms with E-state index in [1.807, 2.05) is 7.05 Å². The van der Waals surface area contributed by atoms with Gasteiger partial charge in [-0.1, -0.05) is 6.92 Å². The Morgan fingerprint density at radius 2 is 2.09 bits per heavy atom. The molecule has 0 bridgehead atoms. The minimum Gasteiger partial charge on any atom is -0.379 e. The van der Waals surface area contributed by atoms with Crippen LogP contribution in [-0.2, 0) is 9.47 Å². The third-order valence-electron chi connectivity index (χ3n) is 4.37. The Morgan fingerprint density at radius 1 is 1.32 bits per heavy atom. The van der Waals surface area contributed by atoms with E-state index in [0.717, 1.165) is 64.2 Å². The van der Waals surface area contributed by atoms with E-state index in [2.05, 4.69) is 22.1 Å². The van der Waals surface area contributed by atoms with Crippen LogP contribution in [0.3, 0.4) is 0 Å². The number of halogens is 1. The van der Waals surface area contributed by atoms with E-state index >= 15 is 0 Å². The number of piperidine rings is 1. The molecule has 5 nitrogen and oxygen atoms in total. The van der Waals surface area contributed by atoms with Gasteiger partial charge in [0.2, 0.25) is 0 Å². The van der Waals surface area contributed by atoms with Crippen molar-refractivity contribution in [2.45, 2.75) is 45.1 Å². The Labute approximate surface area is 152 Å². The Hall–Kier alpha value is -0.0800. The topological polar surface area (TPSA) is 46.1 Å². The first-order valence-electron chi connectivity index (χ1n) is 8.44. The average molecular weight is 425 g/mol. The normalized spacial score (nSPS) is 23.5. The van der Waals surface area contributed by atoms with Crippen LogP contribution in [0.2, 0.25) is 0 Å². The van der Waals surface area contributed by atoms with Crippen molar-refractivity contribution in [1.29, 1.82) is 0 Å². The summed E-state index contributed by atoms with van der Waals surface area (Å²) in [6.07, 6.45) is 6.21. The van der Waals surface area contributed by atoms with Crippen molar-refractivity contribution in [2.24, 2.45) is 10.9 Å². The van der Waals surface area contributed by atoms with E-state index in [9.17, 15) is 0 Å². The number of guanidine groups is 1. The van der Waals surface area contributed by atoms with Crippen LogP contribution in [0.15, 0.2) is 4.99 Å². The first kappa shape index (κ1) is 20.0. The molecule has 0 aromatic rings. The Balaban J connectivity index is 0.00000242. The van der Waals surface area contributed by atoms with Gasteiger partial charge in [0.15, 0.2) is 5.96 Å². The highest BCUT2D eigenvalue weighted by atomic mass is 127. The summed E-state index contributed by atoms with van der Waals surface area (Å²) in [6.45, 7) is 7.94. The molecular formula is C16H32IN3O2. The van der Waals surface area contributed by atoms with Crippen molar-refractivity contribution in [1.82, 2.24) is 10.2 Å². The molecule has 0 spiro atoms. The molecule has 2 heterocycles. The number of hydrogen-bond acceptors (Lipinski definition) is 3. The summed E-state index contributed by atoms with van der Waals surface area (Å²) in [5.74, 6) is 1.89. The maximum Gasteiger partial charge on any atom is 0.193 e. The summed E-state index contributed by atoms with van der Waals surface area (Å²) in [5.41, 5.74) is 0. The lowest BCUT2D eigenvalue weighted by atomic mass is 10.00.